The van der Waals surface area contributed by atoms with Gasteiger partial charge in [-0.1, -0.05) is 12.1 Å². The minimum absolute atomic E-state index is 0.0317. The van der Waals surface area contributed by atoms with Crippen LogP contribution in [0.3, 0.4) is 0 Å². The first-order chi connectivity index (χ1) is 14.6. The van der Waals surface area contributed by atoms with Gasteiger partial charge in [0.2, 0.25) is 0 Å². The van der Waals surface area contributed by atoms with E-state index >= 15 is 0 Å². The number of benzene rings is 1. The van der Waals surface area contributed by atoms with Crippen molar-refractivity contribution >= 4 is 27.5 Å². The first kappa shape index (κ1) is 21.0. The molecule has 0 unspecified atom stereocenters. The Labute approximate surface area is 181 Å². The normalized spacial score (nSPS) is 19.3. The number of halogens is 1. The van der Waals surface area contributed by atoms with Gasteiger partial charge in [-0.3, -0.25) is 4.79 Å². The maximum atomic E-state index is 13.2. The van der Waals surface area contributed by atoms with Crippen LogP contribution in [0.4, 0.5) is 4.39 Å². The van der Waals surface area contributed by atoms with Crippen LogP contribution in [0.1, 0.15) is 29.4 Å². The van der Waals surface area contributed by atoms with E-state index in [0.29, 0.717) is 18.8 Å². The Kier molecular flexibility index (Phi) is 6.82. The lowest BCUT2D eigenvalue weighted by molar-refractivity contribution is -1.01. The van der Waals surface area contributed by atoms with Crippen LogP contribution >= 0.6 is 11.3 Å². The summed E-state index contributed by atoms with van der Waals surface area (Å²) in [5.41, 5.74) is 2.70. The van der Waals surface area contributed by atoms with E-state index in [1.165, 1.54) is 44.9 Å². The highest BCUT2D eigenvalue weighted by Crippen LogP contribution is 2.26. The van der Waals surface area contributed by atoms with Gasteiger partial charge in [0.05, 0.1) is 23.3 Å². The molecule has 0 atom stereocenters. The Morgan fingerprint density at radius 3 is 2.60 bits per heavy atom. The molecule has 3 heterocycles. The van der Waals surface area contributed by atoms with Crippen molar-refractivity contribution in [3.05, 3.63) is 58.9 Å². The molecule has 0 saturated carbocycles. The number of hydrogen-bond acceptors (Lipinski definition) is 2. The number of nitrogens with one attached hydrogen (secondary N) is 3. The van der Waals surface area contributed by atoms with Gasteiger partial charge in [-0.2, -0.15) is 0 Å². The fourth-order valence-electron chi connectivity index (χ4n) is 4.30. The van der Waals surface area contributed by atoms with Crippen molar-refractivity contribution in [2.75, 3.05) is 45.8 Å². The highest BCUT2D eigenvalue weighted by Gasteiger charge is 2.21. The van der Waals surface area contributed by atoms with Gasteiger partial charge in [0.15, 0.2) is 0 Å². The zero-order chi connectivity index (χ0) is 20.9. The van der Waals surface area contributed by atoms with Crippen molar-refractivity contribution in [3.63, 3.8) is 0 Å². The highest BCUT2D eigenvalue weighted by atomic mass is 32.1. The summed E-state index contributed by atoms with van der Waals surface area (Å²) in [5.74, 6) is -0.277. The summed E-state index contributed by atoms with van der Waals surface area (Å²) in [4.78, 5) is 16.3. The number of amides is 1. The van der Waals surface area contributed by atoms with Crippen LogP contribution in [0.2, 0.25) is 0 Å². The molecule has 5 nitrogen and oxygen atoms in total. The molecule has 1 aliphatic heterocycles. The first-order valence-electron chi connectivity index (χ1n) is 10.9. The number of piperazine rings is 1. The molecule has 1 fully saturated rings. The van der Waals surface area contributed by atoms with E-state index in [-0.39, 0.29) is 11.7 Å². The third kappa shape index (κ3) is 4.91. The lowest BCUT2D eigenvalue weighted by Gasteiger charge is -2.28. The van der Waals surface area contributed by atoms with Gasteiger partial charge in [-0.05, 0) is 42.1 Å². The lowest BCUT2D eigenvalue weighted by Crippen LogP contribution is -3.28. The minimum Gasteiger partial charge on any atom is -0.351 e. The van der Waals surface area contributed by atoms with E-state index in [4.69, 9.17) is 0 Å². The molecule has 1 aromatic carbocycles. The molecule has 1 amide bonds. The van der Waals surface area contributed by atoms with Gasteiger partial charge < -0.3 is 19.7 Å². The third-order valence-electron chi connectivity index (χ3n) is 6.17. The van der Waals surface area contributed by atoms with E-state index in [2.05, 4.69) is 12.2 Å². The number of fused-ring (bicyclic) bond motifs is 1. The summed E-state index contributed by atoms with van der Waals surface area (Å²) in [5, 5.41) is 5.15. The topological polar surface area (TPSA) is 42.9 Å². The molecule has 0 bridgehead atoms. The standard InChI is InChI=1S/C23H29FN4OS/c1-2-26-11-13-27(14-12-26)10-3-9-25-23(29)21-16-22-20(8-15-30-22)28(21)17-18-4-6-19(24)7-5-18/h4-8,15-16H,2-3,9-14,17H2,1H3,(H,25,29)/p+2. The second-order valence-electron chi connectivity index (χ2n) is 8.13. The van der Waals surface area contributed by atoms with Crippen LogP contribution in [0.5, 0.6) is 0 Å². The molecule has 1 saturated heterocycles. The molecule has 2 aromatic heterocycles. The maximum Gasteiger partial charge on any atom is 0.267 e. The van der Waals surface area contributed by atoms with E-state index < -0.39 is 0 Å². The summed E-state index contributed by atoms with van der Waals surface area (Å²) < 4.78 is 16.4. The number of hydrogen-bond donors (Lipinski definition) is 3. The van der Waals surface area contributed by atoms with Crippen molar-refractivity contribution in [2.45, 2.75) is 19.9 Å². The smallest absolute Gasteiger partial charge is 0.267 e. The molecule has 0 radical (unpaired) electrons. The number of rotatable bonds is 8. The van der Waals surface area contributed by atoms with Gasteiger partial charge in [0, 0.05) is 19.5 Å². The first-order valence-corrected chi connectivity index (χ1v) is 11.8. The van der Waals surface area contributed by atoms with Gasteiger partial charge in [0.1, 0.15) is 37.7 Å². The number of carbonyl (C=O) groups excluding carboxylic acids is 1. The summed E-state index contributed by atoms with van der Waals surface area (Å²) in [7, 11) is 0. The van der Waals surface area contributed by atoms with Crippen LogP contribution in [0.15, 0.2) is 41.8 Å². The molecular weight excluding hydrogens is 399 g/mol. The Morgan fingerprint density at radius 2 is 1.87 bits per heavy atom. The Hall–Kier alpha value is -2.22. The lowest BCUT2D eigenvalue weighted by atomic mass is 10.2. The molecule has 0 aliphatic carbocycles. The Balaban J connectivity index is 1.35. The van der Waals surface area contributed by atoms with Gasteiger partial charge >= 0.3 is 0 Å². The van der Waals surface area contributed by atoms with Crippen LogP contribution in [-0.2, 0) is 6.54 Å². The summed E-state index contributed by atoms with van der Waals surface area (Å²) in [6, 6.07) is 10.5. The van der Waals surface area contributed by atoms with Crippen LogP contribution < -0.4 is 15.1 Å². The van der Waals surface area contributed by atoms with Crippen LogP contribution in [-0.4, -0.2) is 56.3 Å². The molecule has 4 rings (SSSR count). The zero-order valence-corrected chi connectivity index (χ0v) is 18.4. The Morgan fingerprint density at radius 1 is 1.13 bits per heavy atom. The zero-order valence-electron chi connectivity index (χ0n) is 17.5. The van der Waals surface area contributed by atoms with Gasteiger partial charge in [-0.25, -0.2) is 4.39 Å². The van der Waals surface area contributed by atoms with Crippen molar-refractivity contribution in [2.24, 2.45) is 0 Å². The number of nitrogens with zero attached hydrogens (tertiary/aromatic N) is 1. The number of likely N-dealkylation sites (N-methyl/N-ethyl adjacent to an activating group) is 1. The molecule has 3 N–H and O–H groups in total. The number of thiophene rings is 1. The second kappa shape index (κ2) is 9.73. The SMILES string of the molecule is CC[NH+]1CC[NH+](CCCNC(=O)c2cc3sccc3n2Cc2ccc(F)cc2)CC1. The van der Waals surface area contributed by atoms with E-state index in [9.17, 15) is 9.18 Å². The van der Waals surface area contributed by atoms with Crippen LogP contribution in [0, 0.1) is 5.82 Å². The Bertz CT molecular complexity index is 973. The summed E-state index contributed by atoms with van der Waals surface area (Å²) in [6.45, 7) is 10.8. The number of carbonyl (C=O) groups is 1. The molecule has 1 aliphatic rings. The number of quaternary nitrogens is 2. The molecule has 160 valence electrons. The second-order valence-corrected chi connectivity index (χ2v) is 9.07. The van der Waals surface area contributed by atoms with E-state index in [1.807, 2.05) is 22.1 Å². The van der Waals surface area contributed by atoms with Crippen molar-refractivity contribution in [1.29, 1.82) is 0 Å². The quantitative estimate of drug-likeness (QED) is 0.455. The van der Waals surface area contributed by atoms with Crippen molar-refractivity contribution < 1.29 is 19.0 Å². The van der Waals surface area contributed by atoms with Crippen LogP contribution in [0.25, 0.3) is 10.2 Å². The van der Waals surface area contributed by atoms with E-state index in [1.54, 1.807) is 33.3 Å². The largest absolute Gasteiger partial charge is 0.351 e. The molecule has 3 aromatic rings. The van der Waals surface area contributed by atoms with Gasteiger partial charge in [-0.15, -0.1) is 11.3 Å². The fourth-order valence-corrected chi connectivity index (χ4v) is 5.12. The summed E-state index contributed by atoms with van der Waals surface area (Å²) in [6.07, 6.45) is 0.996. The average Bonchev–Trinajstić information content (AvgIpc) is 3.36. The predicted molar refractivity (Wildman–Crippen MR) is 119 cm³/mol. The highest BCUT2D eigenvalue weighted by molar-refractivity contribution is 7.17. The number of aromatic nitrogens is 1. The van der Waals surface area contributed by atoms with Crippen molar-refractivity contribution in [3.8, 4) is 0 Å². The minimum atomic E-state index is -0.246. The third-order valence-corrected chi connectivity index (χ3v) is 7.02. The molecule has 7 heteroatoms. The maximum absolute atomic E-state index is 13.2. The van der Waals surface area contributed by atoms with E-state index in [0.717, 1.165) is 28.7 Å². The molecule has 30 heavy (non-hydrogen) atoms. The summed E-state index contributed by atoms with van der Waals surface area (Å²) >= 11 is 1.64. The monoisotopic (exact) mass is 430 g/mol. The predicted octanol–water partition coefficient (Wildman–Crippen LogP) is 0.813. The van der Waals surface area contributed by atoms with Crippen molar-refractivity contribution in [1.82, 2.24) is 9.88 Å². The fraction of sp³-hybridized carbons (Fsp3) is 0.435. The molecule has 0 spiro atoms. The van der Waals surface area contributed by atoms with Gasteiger partial charge in [0.25, 0.3) is 5.91 Å². The molecular formula is C23H31FN4OS+2. The average molecular weight is 431 g/mol.